The maximum Gasteiger partial charge on any atom is 0.256 e. The van der Waals surface area contributed by atoms with Gasteiger partial charge < -0.3 is 19.9 Å². The van der Waals surface area contributed by atoms with Gasteiger partial charge in [-0.15, -0.1) is 0 Å². The molecule has 1 heterocycles. The van der Waals surface area contributed by atoms with Crippen LogP contribution < -0.4 is 19.9 Å². The summed E-state index contributed by atoms with van der Waals surface area (Å²) >= 11 is 5.78. The molecule has 1 saturated heterocycles. The number of anilines is 3. The van der Waals surface area contributed by atoms with Crippen molar-refractivity contribution in [2.45, 2.75) is 18.9 Å². The first kappa shape index (κ1) is 25.2. The van der Waals surface area contributed by atoms with Gasteiger partial charge in [-0.25, -0.2) is 0 Å². The maximum atomic E-state index is 13.6. The van der Waals surface area contributed by atoms with Gasteiger partial charge >= 0.3 is 0 Å². The first-order chi connectivity index (χ1) is 17.4. The van der Waals surface area contributed by atoms with Crippen molar-refractivity contribution in [3.63, 3.8) is 0 Å². The fraction of sp³-hybridized carbons (Fsp3) is 0.250. The van der Waals surface area contributed by atoms with Gasteiger partial charge in [-0.05, 0) is 72.7 Å². The van der Waals surface area contributed by atoms with Crippen LogP contribution in [0.1, 0.15) is 12.0 Å². The van der Waals surface area contributed by atoms with E-state index >= 15 is 0 Å². The summed E-state index contributed by atoms with van der Waals surface area (Å²) in [6, 6.07) is 24.1. The van der Waals surface area contributed by atoms with Crippen molar-refractivity contribution in [3.05, 3.63) is 84.4 Å². The molecular weight excluding hydrogens is 472 g/mol. The number of nitrogens with one attached hydrogen (secondary N) is 1. The van der Waals surface area contributed by atoms with Crippen molar-refractivity contribution in [2.24, 2.45) is 0 Å². The Balaban J connectivity index is 1.54. The Labute approximate surface area is 217 Å². The molecule has 0 aromatic heterocycles. The Kier molecular flexibility index (Phi) is 7.85. The number of hydrogen-bond acceptors (Lipinski definition) is 5. The molecule has 3 aromatic carbocycles. The fourth-order valence-corrected chi connectivity index (χ4v) is 4.59. The SMILES string of the molecule is COc1ccc(NC(=O)C[C@@H]2C(=O)N(c3ccc(N(C)C)cc3)C(=S)N2CCc2ccccc2)cc1. The van der Waals surface area contributed by atoms with E-state index in [1.165, 1.54) is 0 Å². The highest BCUT2D eigenvalue weighted by Gasteiger charge is 2.43. The van der Waals surface area contributed by atoms with E-state index < -0.39 is 6.04 Å². The van der Waals surface area contributed by atoms with E-state index in [-0.39, 0.29) is 18.2 Å². The van der Waals surface area contributed by atoms with Crippen LogP contribution in [-0.4, -0.2) is 55.6 Å². The standard InChI is InChI=1S/C28H30N4O3S/c1-30(2)22-11-13-23(14-12-22)32-27(34)25(19-26(33)29-21-9-15-24(35-3)16-10-21)31(28(32)36)18-17-20-7-5-4-6-8-20/h4-16,25H,17-19H2,1-3H3,(H,29,33)/t25-/m1/s1. The number of hydrogen-bond donors (Lipinski definition) is 1. The highest BCUT2D eigenvalue weighted by molar-refractivity contribution is 7.80. The Morgan fingerprint density at radius 2 is 1.67 bits per heavy atom. The minimum absolute atomic E-state index is 0.00786. The molecule has 1 atom stereocenters. The molecule has 0 radical (unpaired) electrons. The maximum absolute atomic E-state index is 13.6. The van der Waals surface area contributed by atoms with Gasteiger partial charge in [0.05, 0.1) is 19.2 Å². The van der Waals surface area contributed by atoms with Gasteiger partial charge in [0.25, 0.3) is 5.91 Å². The Hall–Kier alpha value is -3.91. The number of ether oxygens (including phenoxy) is 1. The van der Waals surface area contributed by atoms with Crippen molar-refractivity contribution < 1.29 is 14.3 Å². The van der Waals surface area contributed by atoms with Crippen LogP contribution in [-0.2, 0) is 16.0 Å². The minimum atomic E-state index is -0.687. The van der Waals surface area contributed by atoms with Gasteiger partial charge in [0.2, 0.25) is 5.91 Å². The van der Waals surface area contributed by atoms with Crippen molar-refractivity contribution in [1.82, 2.24) is 4.90 Å². The first-order valence-electron chi connectivity index (χ1n) is 11.8. The van der Waals surface area contributed by atoms with Gasteiger partial charge in [-0.3, -0.25) is 14.5 Å². The van der Waals surface area contributed by atoms with Crippen LogP contribution in [0.5, 0.6) is 5.75 Å². The Morgan fingerprint density at radius 1 is 1.00 bits per heavy atom. The molecule has 1 N–H and O–H groups in total. The zero-order valence-corrected chi connectivity index (χ0v) is 21.5. The zero-order chi connectivity index (χ0) is 25.7. The number of methoxy groups -OCH3 is 1. The van der Waals surface area contributed by atoms with E-state index in [2.05, 4.69) is 5.32 Å². The summed E-state index contributed by atoms with van der Waals surface area (Å²) < 4.78 is 5.17. The highest BCUT2D eigenvalue weighted by Crippen LogP contribution is 2.29. The van der Waals surface area contributed by atoms with E-state index in [0.717, 1.165) is 11.3 Å². The summed E-state index contributed by atoms with van der Waals surface area (Å²) in [5.41, 5.74) is 3.50. The van der Waals surface area contributed by atoms with Crippen LogP contribution in [0, 0.1) is 0 Å². The average Bonchev–Trinajstić information content (AvgIpc) is 3.12. The summed E-state index contributed by atoms with van der Waals surface area (Å²) in [5, 5.41) is 3.30. The molecule has 0 aliphatic carbocycles. The lowest BCUT2D eigenvalue weighted by Gasteiger charge is -2.24. The summed E-state index contributed by atoms with van der Waals surface area (Å²) in [7, 11) is 5.51. The van der Waals surface area contributed by atoms with Crippen LogP contribution in [0.2, 0.25) is 0 Å². The molecule has 0 saturated carbocycles. The predicted octanol–water partition coefficient (Wildman–Crippen LogP) is 4.33. The Morgan fingerprint density at radius 3 is 2.28 bits per heavy atom. The number of benzene rings is 3. The third-order valence-electron chi connectivity index (χ3n) is 6.18. The molecule has 2 amide bonds. The summed E-state index contributed by atoms with van der Waals surface area (Å²) in [6.45, 7) is 0.529. The largest absolute Gasteiger partial charge is 0.497 e. The van der Waals surface area contributed by atoms with Crippen LogP contribution in [0.4, 0.5) is 17.1 Å². The van der Waals surface area contributed by atoms with E-state index in [1.807, 2.05) is 78.5 Å². The molecule has 3 aromatic rings. The first-order valence-corrected chi connectivity index (χ1v) is 12.2. The van der Waals surface area contributed by atoms with Crippen LogP contribution in [0.3, 0.4) is 0 Å². The van der Waals surface area contributed by atoms with Gasteiger partial charge in [0.1, 0.15) is 11.8 Å². The second-order valence-corrected chi connectivity index (χ2v) is 9.16. The summed E-state index contributed by atoms with van der Waals surface area (Å²) in [4.78, 5) is 32.0. The topological polar surface area (TPSA) is 65.1 Å². The van der Waals surface area contributed by atoms with E-state index in [0.29, 0.717) is 35.2 Å². The lowest BCUT2D eigenvalue weighted by atomic mass is 10.1. The van der Waals surface area contributed by atoms with Crippen LogP contribution in [0.25, 0.3) is 0 Å². The Bertz CT molecular complexity index is 1210. The third-order valence-corrected chi connectivity index (χ3v) is 6.60. The van der Waals surface area contributed by atoms with Crippen molar-refractivity contribution in [1.29, 1.82) is 0 Å². The molecule has 0 bridgehead atoms. The van der Waals surface area contributed by atoms with Crippen molar-refractivity contribution in [3.8, 4) is 5.75 Å². The normalized spacial score (nSPS) is 15.2. The summed E-state index contributed by atoms with van der Waals surface area (Å²) in [6.07, 6.45) is 0.699. The second-order valence-electron chi connectivity index (χ2n) is 8.79. The molecule has 0 unspecified atom stereocenters. The van der Waals surface area contributed by atoms with Crippen molar-refractivity contribution in [2.75, 3.05) is 42.9 Å². The minimum Gasteiger partial charge on any atom is -0.497 e. The number of carbonyl (C=O) groups excluding carboxylic acids is 2. The number of nitrogens with zero attached hydrogens (tertiary/aromatic N) is 3. The van der Waals surface area contributed by atoms with Gasteiger partial charge in [-0.2, -0.15) is 0 Å². The average molecular weight is 503 g/mol. The van der Waals surface area contributed by atoms with E-state index in [1.54, 1.807) is 36.3 Å². The number of carbonyl (C=O) groups is 2. The lowest BCUT2D eigenvalue weighted by Crippen LogP contribution is -2.39. The number of amides is 2. The molecule has 186 valence electrons. The van der Waals surface area contributed by atoms with Crippen LogP contribution >= 0.6 is 12.2 Å². The van der Waals surface area contributed by atoms with Gasteiger partial charge in [0.15, 0.2) is 5.11 Å². The molecular formula is C28H30N4O3S. The second kappa shape index (κ2) is 11.2. The molecule has 4 rings (SSSR count). The fourth-order valence-electron chi connectivity index (χ4n) is 4.18. The smallest absolute Gasteiger partial charge is 0.256 e. The monoisotopic (exact) mass is 502 g/mol. The zero-order valence-electron chi connectivity index (χ0n) is 20.7. The predicted molar refractivity (Wildman–Crippen MR) is 148 cm³/mol. The molecule has 1 fully saturated rings. The molecule has 8 heteroatoms. The quantitative estimate of drug-likeness (QED) is 0.440. The van der Waals surface area contributed by atoms with Crippen LogP contribution in [0.15, 0.2) is 78.9 Å². The van der Waals surface area contributed by atoms with Gasteiger partial charge in [0, 0.05) is 32.0 Å². The highest BCUT2D eigenvalue weighted by atomic mass is 32.1. The van der Waals surface area contributed by atoms with Crippen molar-refractivity contribution >= 4 is 46.2 Å². The van der Waals surface area contributed by atoms with E-state index in [4.69, 9.17) is 17.0 Å². The van der Waals surface area contributed by atoms with Gasteiger partial charge in [-0.1, -0.05) is 30.3 Å². The molecule has 0 spiro atoms. The number of rotatable bonds is 9. The molecule has 1 aliphatic heterocycles. The molecule has 36 heavy (non-hydrogen) atoms. The van der Waals surface area contributed by atoms with E-state index in [9.17, 15) is 9.59 Å². The molecule has 7 nitrogen and oxygen atoms in total. The third kappa shape index (κ3) is 5.66. The lowest BCUT2D eigenvalue weighted by molar-refractivity contribution is -0.124. The molecule has 1 aliphatic rings. The summed E-state index contributed by atoms with van der Waals surface area (Å²) in [5.74, 6) is 0.249. The number of thiocarbonyl (C=S) groups is 1.